The number of aryl methyl sites for hydroxylation is 1. The van der Waals surface area contributed by atoms with E-state index in [0.29, 0.717) is 23.3 Å². The quantitative estimate of drug-likeness (QED) is 0.210. The predicted molar refractivity (Wildman–Crippen MR) is 160 cm³/mol. The van der Waals surface area contributed by atoms with Crippen molar-refractivity contribution in [2.24, 2.45) is 0 Å². The summed E-state index contributed by atoms with van der Waals surface area (Å²) in [6, 6.07) is 23.9. The molecule has 7 nitrogen and oxygen atoms in total. The monoisotopic (exact) mass is 629 g/mol. The zero-order valence-electron chi connectivity index (χ0n) is 22.9. The molecule has 0 saturated heterocycles. The Balaban J connectivity index is 1.60. The van der Waals surface area contributed by atoms with E-state index < -0.39 is 50.8 Å². The molecule has 43 heavy (non-hydrogen) atoms. The normalized spacial score (nSPS) is 11.6. The summed E-state index contributed by atoms with van der Waals surface area (Å²) in [5.41, 5.74) is 0.336. The first-order valence-electron chi connectivity index (χ1n) is 13.0. The van der Waals surface area contributed by atoms with Crippen LogP contribution in [0.3, 0.4) is 0 Å². The summed E-state index contributed by atoms with van der Waals surface area (Å²) in [4.78, 5) is 26.0. The second-order valence-electron chi connectivity index (χ2n) is 9.57. The van der Waals surface area contributed by atoms with Gasteiger partial charge in [-0.25, -0.2) is 8.42 Å². The van der Waals surface area contributed by atoms with E-state index in [0.717, 1.165) is 23.3 Å². The number of anilines is 2. The van der Waals surface area contributed by atoms with Gasteiger partial charge in [-0.05, 0) is 61.4 Å². The number of carbonyl (C=O) groups is 2. The van der Waals surface area contributed by atoms with Gasteiger partial charge in [0.05, 0.1) is 32.4 Å². The van der Waals surface area contributed by atoms with Crippen LogP contribution >= 0.6 is 11.6 Å². The predicted octanol–water partition coefficient (Wildman–Crippen LogP) is 6.47. The number of carbonyl (C=O) groups excluding carboxylic acids is 2. The molecule has 12 heteroatoms. The molecule has 0 aliphatic heterocycles. The van der Waals surface area contributed by atoms with Crippen molar-refractivity contribution in [2.45, 2.75) is 24.4 Å². The Bertz CT molecular complexity index is 1710. The average molecular weight is 630 g/mol. The van der Waals surface area contributed by atoms with E-state index in [1.807, 2.05) is 30.3 Å². The minimum atomic E-state index is -4.87. The first-order valence-corrected chi connectivity index (χ1v) is 14.9. The van der Waals surface area contributed by atoms with Crippen LogP contribution in [0.15, 0.2) is 102 Å². The highest BCUT2D eigenvalue weighted by Crippen LogP contribution is 2.38. The lowest BCUT2D eigenvalue weighted by Gasteiger charge is -2.25. The third-order valence-electron chi connectivity index (χ3n) is 6.43. The minimum absolute atomic E-state index is 0.101. The van der Waals surface area contributed by atoms with Gasteiger partial charge in [-0.1, -0.05) is 71.8 Å². The van der Waals surface area contributed by atoms with E-state index in [1.54, 1.807) is 19.1 Å². The first-order chi connectivity index (χ1) is 20.4. The van der Waals surface area contributed by atoms with Crippen molar-refractivity contribution in [1.29, 1.82) is 0 Å². The maximum Gasteiger partial charge on any atom is 0.417 e. The summed E-state index contributed by atoms with van der Waals surface area (Å²) in [7, 11) is -4.52. The van der Waals surface area contributed by atoms with Gasteiger partial charge in [0.15, 0.2) is 0 Å². The van der Waals surface area contributed by atoms with Crippen LogP contribution in [0.1, 0.15) is 27.0 Å². The number of halogens is 4. The van der Waals surface area contributed by atoms with Crippen LogP contribution in [0.2, 0.25) is 5.02 Å². The van der Waals surface area contributed by atoms with Gasteiger partial charge in [0.25, 0.3) is 15.9 Å². The van der Waals surface area contributed by atoms with E-state index in [-0.39, 0.29) is 16.1 Å². The molecule has 0 spiro atoms. The van der Waals surface area contributed by atoms with E-state index >= 15 is 0 Å². The highest BCUT2D eigenvalue weighted by Gasteiger charge is 2.35. The number of benzene rings is 4. The van der Waals surface area contributed by atoms with Crippen molar-refractivity contribution in [3.63, 3.8) is 0 Å². The van der Waals surface area contributed by atoms with Gasteiger partial charge < -0.3 is 10.6 Å². The summed E-state index contributed by atoms with van der Waals surface area (Å²) in [5.74, 6) is -1.35. The zero-order chi connectivity index (χ0) is 31.2. The maximum absolute atomic E-state index is 13.7. The van der Waals surface area contributed by atoms with Crippen LogP contribution in [0.4, 0.5) is 24.5 Å². The van der Waals surface area contributed by atoms with Crippen LogP contribution in [0.5, 0.6) is 0 Å². The van der Waals surface area contributed by atoms with Crippen LogP contribution in [-0.2, 0) is 27.4 Å². The third kappa shape index (κ3) is 7.94. The number of sulfonamides is 1. The number of rotatable bonds is 10. The van der Waals surface area contributed by atoms with E-state index in [4.69, 9.17) is 11.6 Å². The molecule has 4 rings (SSSR count). The summed E-state index contributed by atoms with van der Waals surface area (Å²) < 4.78 is 68.8. The van der Waals surface area contributed by atoms with E-state index in [2.05, 4.69) is 10.6 Å². The molecule has 0 atom stereocenters. The molecule has 0 fully saturated rings. The van der Waals surface area contributed by atoms with Crippen molar-refractivity contribution in [2.75, 3.05) is 22.7 Å². The van der Waals surface area contributed by atoms with Gasteiger partial charge in [-0.15, -0.1) is 0 Å². The van der Waals surface area contributed by atoms with E-state index in [9.17, 15) is 31.2 Å². The summed E-state index contributed by atoms with van der Waals surface area (Å²) in [6.07, 6.45) is -4.30. The smallest absolute Gasteiger partial charge is 0.352 e. The number of alkyl halides is 3. The Kier molecular flexibility index (Phi) is 9.77. The topological polar surface area (TPSA) is 95.6 Å². The summed E-state index contributed by atoms with van der Waals surface area (Å²) in [5, 5.41) is 4.70. The minimum Gasteiger partial charge on any atom is -0.352 e. The van der Waals surface area contributed by atoms with Crippen LogP contribution in [0.25, 0.3) is 0 Å². The number of nitrogens with one attached hydrogen (secondary N) is 2. The highest BCUT2D eigenvalue weighted by molar-refractivity contribution is 7.92. The fourth-order valence-corrected chi connectivity index (χ4v) is 5.85. The standard InChI is InChI=1S/C31H27ClF3N3O4S/c1-21-11-14-24(15-12-21)43(41,42)38(23-13-16-27(32)26(19-23)31(33,34)35)20-29(39)37-28-10-6-5-9-25(28)30(40)36-18-17-22-7-3-2-4-8-22/h2-16,19H,17-18,20H2,1H3,(H,36,40)(H,37,39). The number of amides is 2. The molecule has 4 aromatic carbocycles. The second-order valence-corrected chi connectivity index (χ2v) is 11.8. The molecule has 2 amide bonds. The Morgan fingerprint density at radius 1 is 0.884 bits per heavy atom. The third-order valence-corrected chi connectivity index (χ3v) is 8.55. The number of hydrogen-bond donors (Lipinski definition) is 2. The second kappa shape index (κ2) is 13.3. The molecule has 0 aromatic heterocycles. The Hall–Kier alpha value is -4.35. The van der Waals surface area contributed by atoms with Gasteiger partial charge in [0.1, 0.15) is 6.54 Å². The SMILES string of the molecule is Cc1ccc(S(=O)(=O)N(CC(=O)Nc2ccccc2C(=O)NCCc2ccccc2)c2ccc(Cl)c(C(F)(F)F)c2)cc1. The summed E-state index contributed by atoms with van der Waals surface area (Å²) >= 11 is 5.76. The fraction of sp³-hybridized carbons (Fsp3) is 0.161. The molecule has 2 N–H and O–H groups in total. The molecule has 4 aromatic rings. The van der Waals surface area contributed by atoms with Crippen molar-refractivity contribution in [3.8, 4) is 0 Å². The Labute approximate surface area is 252 Å². The largest absolute Gasteiger partial charge is 0.417 e. The fourth-order valence-electron chi connectivity index (χ4n) is 4.21. The van der Waals surface area contributed by atoms with Crippen molar-refractivity contribution in [3.05, 3.63) is 124 Å². The molecular weight excluding hydrogens is 603 g/mol. The molecule has 0 bridgehead atoms. The lowest BCUT2D eigenvalue weighted by molar-refractivity contribution is -0.137. The van der Waals surface area contributed by atoms with Crippen molar-refractivity contribution >= 4 is 44.8 Å². The molecule has 0 unspecified atom stereocenters. The van der Waals surface area contributed by atoms with Crippen LogP contribution < -0.4 is 14.9 Å². The molecule has 224 valence electrons. The van der Waals surface area contributed by atoms with Crippen molar-refractivity contribution in [1.82, 2.24) is 5.32 Å². The molecule has 0 saturated carbocycles. The zero-order valence-corrected chi connectivity index (χ0v) is 24.4. The van der Waals surface area contributed by atoms with Gasteiger partial charge in [-0.2, -0.15) is 13.2 Å². The van der Waals surface area contributed by atoms with Gasteiger partial charge in [0, 0.05) is 6.54 Å². The Morgan fingerprint density at radius 3 is 2.21 bits per heavy atom. The molecule has 0 aliphatic rings. The number of hydrogen-bond acceptors (Lipinski definition) is 4. The van der Waals surface area contributed by atoms with Gasteiger partial charge >= 0.3 is 6.18 Å². The van der Waals surface area contributed by atoms with Gasteiger partial charge in [0.2, 0.25) is 5.91 Å². The van der Waals surface area contributed by atoms with E-state index in [1.165, 1.54) is 36.4 Å². The van der Waals surface area contributed by atoms with Crippen molar-refractivity contribution < 1.29 is 31.2 Å². The lowest BCUT2D eigenvalue weighted by Crippen LogP contribution is -2.38. The number of para-hydroxylation sites is 1. The molecule has 0 aliphatic carbocycles. The summed E-state index contributed by atoms with van der Waals surface area (Å²) in [6.45, 7) is 1.18. The van der Waals surface area contributed by atoms with Crippen LogP contribution in [0, 0.1) is 6.92 Å². The first kappa shape index (κ1) is 31.6. The highest BCUT2D eigenvalue weighted by atomic mass is 35.5. The molecule has 0 heterocycles. The van der Waals surface area contributed by atoms with Crippen LogP contribution in [-0.4, -0.2) is 33.3 Å². The number of nitrogens with zero attached hydrogens (tertiary/aromatic N) is 1. The maximum atomic E-state index is 13.7. The Morgan fingerprint density at radius 2 is 1.53 bits per heavy atom. The van der Waals surface area contributed by atoms with Gasteiger partial charge in [-0.3, -0.25) is 13.9 Å². The average Bonchev–Trinajstić information content (AvgIpc) is 2.96. The molecular formula is C31H27ClF3N3O4S. The lowest BCUT2D eigenvalue weighted by atomic mass is 10.1. The molecule has 0 radical (unpaired) electrons.